The summed E-state index contributed by atoms with van der Waals surface area (Å²) in [5.41, 5.74) is 3.56. The number of rotatable bonds is 2. The molecule has 0 spiro atoms. The molecule has 2 aromatic carbocycles. The maximum Gasteiger partial charge on any atom is 0.266 e. The normalized spacial score (nSPS) is 17.8. The first-order valence-electron chi connectivity index (χ1n) is 6.82. The highest BCUT2D eigenvalue weighted by molar-refractivity contribution is 6.39. The number of carbonyl (C=O) groups excluding carboxylic acids is 1. The van der Waals surface area contributed by atoms with Gasteiger partial charge in [0.05, 0.1) is 11.7 Å². The quantitative estimate of drug-likeness (QED) is 0.887. The van der Waals surface area contributed by atoms with Gasteiger partial charge in [-0.15, -0.1) is 0 Å². The summed E-state index contributed by atoms with van der Waals surface area (Å²) in [6.07, 6.45) is 0.627. The smallest absolute Gasteiger partial charge is 0.266 e. The van der Waals surface area contributed by atoms with Crippen molar-refractivity contribution in [1.82, 2.24) is 5.32 Å². The molecule has 3 rings (SSSR count). The summed E-state index contributed by atoms with van der Waals surface area (Å²) >= 11 is 0. The lowest BCUT2D eigenvalue weighted by Crippen LogP contribution is -2.33. The molecule has 0 bridgehead atoms. The molecule has 0 aromatic heterocycles. The van der Waals surface area contributed by atoms with Gasteiger partial charge in [0, 0.05) is 5.56 Å². The van der Waals surface area contributed by atoms with Crippen LogP contribution in [0, 0.1) is 0 Å². The van der Waals surface area contributed by atoms with Gasteiger partial charge in [0.25, 0.3) is 5.91 Å². The van der Waals surface area contributed by atoms with E-state index in [1.54, 1.807) is 0 Å². The van der Waals surface area contributed by atoms with Gasteiger partial charge in [0.15, 0.2) is 0 Å². The molecule has 100 valence electrons. The first-order chi connectivity index (χ1) is 9.79. The van der Waals surface area contributed by atoms with Crippen molar-refractivity contribution in [3.05, 3.63) is 65.7 Å². The summed E-state index contributed by atoms with van der Waals surface area (Å²) in [5.74, 6) is -0.0856. The lowest BCUT2D eigenvalue weighted by molar-refractivity contribution is -0.115. The number of nitrogens with zero attached hydrogens (tertiary/aromatic N) is 1. The molecule has 1 N–H and O–H groups in total. The van der Waals surface area contributed by atoms with Crippen LogP contribution < -0.4 is 5.32 Å². The van der Waals surface area contributed by atoms with Crippen LogP contribution in [0.4, 0.5) is 5.69 Å². The monoisotopic (exact) mass is 264 g/mol. The van der Waals surface area contributed by atoms with Gasteiger partial charge in [-0.25, -0.2) is 4.99 Å². The summed E-state index contributed by atoms with van der Waals surface area (Å²) in [7, 11) is 0. The Hall–Kier alpha value is -2.42. The van der Waals surface area contributed by atoms with Gasteiger partial charge in [0.1, 0.15) is 5.71 Å². The van der Waals surface area contributed by atoms with E-state index in [2.05, 4.69) is 10.3 Å². The first-order valence-corrected chi connectivity index (χ1v) is 6.82. The zero-order chi connectivity index (χ0) is 13.9. The first kappa shape index (κ1) is 12.6. The Kier molecular flexibility index (Phi) is 3.33. The third-order valence-corrected chi connectivity index (χ3v) is 3.51. The SMILES string of the molecule is CCC1=Nc2ccccc2[C@@H](c2ccccc2)NC1=O. The van der Waals surface area contributed by atoms with Gasteiger partial charge in [-0.3, -0.25) is 4.79 Å². The predicted molar refractivity (Wildman–Crippen MR) is 80.3 cm³/mol. The molecule has 3 heteroatoms. The van der Waals surface area contributed by atoms with Crippen LogP contribution in [-0.2, 0) is 4.79 Å². The van der Waals surface area contributed by atoms with Crippen molar-refractivity contribution in [3.8, 4) is 0 Å². The average Bonchev–Trinajstić information content (AvgIpc) is 2.65. The molecule has 1 heterocycles. The van der Waals surface area contributed by atoms with Gasteiger partial charge >= 0.3 is 0 Å². The number of benzene rings is 2. The second-order valence-electron chi connectivity index (χ2n) is 4.79. The Balaban J connectivity index is 2.13. The van der Waals surface area contributed by atoms with Crippen molar-refractivity contribution in [1.29, 1.82) is 0 Å². The zero-order valence-electron chi connectivity index (χ0n) is 11.3. The second kappa shape index (κ2) is 5.29. The third-order valence-electron chi connectivity index (χ3n) is 3.51. The van der Waals surface area contributed by atoms with Gasteiger partial charge < -0.3 is 5.32 Å². The van der Waals surface area contributed by atoms with Crippen molar-refractivity contribution in [2.45, 2.75) is 19.4 Å². The maximum absolute atomic E-state index is 12.3. The number of para-hydroxylation sites is 1. The van der Waals surface area contributed by atoms with Gasteiger partial charge in [-0.1, -0.05) is 55.5 Å². The number of carbonyl (C=O) groups is 1. The van der Waals surface area contributed by atoms with E-state index < -0.39 is 0 Å². The fourth-order valence-corrected chi connectivity index (χ4v) is 2.47. The molecule has 1 aliphatic rings. The van der Waals surface area contributed by atoms with E-state index in [9.17, 15) is 4.79 Å². The topological polar surface area (TPSA) is 41.5 Å². The molecule has 3 nitrogen and oxygen atoms in total. The number of hydrogen-bond acceptors (Lipinski definition) is 2. The number of hydrogen-bond donors (Lipinski definition) is 1. The Bertz CT molecular complexity index is 662. The standard InChI is InChI=1S/C17H16N2O/c1-2-14-17(20)19-16(12-8-4-3-5-9-12)13-10-6-7-11-15(13)18-14/h3-11,16H,2H2,1H3,(H,19,20)/t16-/m1/s1. The number of aliphatic imine (C=N–C) groups is 1. The Morgan fingerprint density at radius 2 is 1.75 bits per heavy atom. The van der Waals surface area contributed by atoms with Crippen molar-refractivity contribution >= 4 is 17.3 Å². The van der Waals surface area contributed by atoms with Gasteiger partial charge in [-0.2, -0.15) is 0 Å². The van der Waals surface area contributed by atoms with Crippen molar-refractivity contribution in [2.75, 3.05) is 0 Å². The molecule has 1 aliphatic heterocycles. The fourth-order valence-electron chi connectivity index (χ4n) is 2.47. The molecule has 0 saturated carbocycles. The van der Waals surface area contributed by atoms with Crippen LogP contribution in [0.3, 0.4) is 0 Å². The van der Waals surface area contributed by atoms with E-state index >= 15 is 0 Å². The molecule has 20 heavy (non-hydrogen) atoms. The van der Waals surface area contributed by atoms with E-state index in [1.807, 2.05) is 61.5 Å². The van der Waals surface area contributed by atoms with Crippen molar-refractivity contribution < 1.29 is 4.79 Å². The average molecular weight is 264 g/mol. The van der Waals surface area contributed by atoms with Crippen LogP contribution >= 0.6 is 0 Å². The Morgan fingerprint density at radius 1 is 1.05 bits per heavy atom. The third kappa shape index (κ3) is 2.23. The minimum Gasteiger partial charge on any atom is -0.340 e. The van der Waals surface area contributed by atoms with E-state index in [0.29, 0.717) is 12.1 Å². The fraction of sp³-hybridized carbons (Fsp3) is 0.176. The molecular formula is C17H16N2O. The molecular weight excluding hydrogens is 248 g/mol. The van der Waals surface area contributed by atoms with Crippen molar-refractivity contribution in [3.63, 3.8) is 0 Å². The van der Waals surface area contributed by atoms with Crippen LogP contribution in [0.1, 0.15) is 30.5 Å². The maximum atomic E-state index is 12.3. The van der Waals surface area contributed by atoms with E-state index in [4.69, 9.17) is 0 Å². The van der Waals surface area contributed by atoms with E-state index in [1.165, 1.54) is 0 Å². The van der Waals surface area contributed by atoms with Gasteiger partial charge in [-0.05, 0) is 18.1 Å². The highest BCUT2D eigenvalue weighted by Gasteiger charge is 2.24. The van der Waals surface area contributed by atoms with Crippen LogP contribution in [0.2, 0.25) is 0 Å². The number of amides is 1. The van der Waals surface area contributed by atoms with E-state index in [-0.39, 0.29) is 11.9 Å². The van der Waals surface area contributed by atoms with E-state index in [0.717, 1.165) is 16.8 Å². The lowest BCUT2D eigenvalue weighted by Gasteiger charge is -2.18. The number of nitrogens with one attached hydrogen (secondary N) is 1. The molecule has 1 atom stereocenters. The molecule has 0 saturated heterocycles. The minimum absolute atomic E-state index is 0.0856. The van der Waals surface area contributed by atoms with Crippen LogP contribution in [0.15, 0.2) is 59.6 Å². The Labute approximate surface area is 118 Å². The van der Waals surface area contributed by atoms with Crippen LogP contribution in [-0.4, -0.2) is 11.6 Å². The minimum atomic E-state index is -0.146. The molecule has 0 radical (unpaired) electrons. The number of fused-ring (bicyclic) bond motifs is 1. The molecule has 1 amide bonds. The Morgan fingerprint density at radius 3 is 2.50 bits per heavy atom. The molecule has 0 fully saturated rings. The zero-order valence-corrected chi connectivity index (χ0v) is 11.3. The largest absolute Gasteiger partial charge is 0.340 e. The highest BCUT2D eigenvalue weighted by atomic mass is 16.2. The molecule has 2 aromatic rings. The molecule has 0 unspecified atom stereocenters. The predicted octanol–water partition coefficient (Wildman–Crippen LogP) is 3.39. The summed E-state index contributed by atoms with van der Waals surface area (Å²) < 4.78 is 0. The van der Waals surface area contributed by atoms with Gasteiger partial charge in [0.2, 0.25) is 0 Å². The highest BCUT2D eigenvalue weighted by Crippen LogP contribution is 2.32. The summed E-state index contributed by atoms with van der Waals surface area (Å²) in [5, 5.41) is 3.08. The lowest BCUT2D eigenvalue weighted by atomic mass is 9.97. The van der Waals surface area contributed by atoms with Crippen LogP contribution in [0.5, 0.6) is 0 Å². The summed E-state index contributed by atoms with van der Waals surface area (Å²) in [6, 6.07) is 17.8. The summed E-state index contributed by atoms with van der Waals surface area (Å²) in [4.78, 5) is 16.8. The second-order valence-corrected chi connectivity index (χ2v) is 4.79. The molecule has 0 aliphatic carbocycles. The summed E-state index contributed by atoms with van der Waals surface area (Å²) in [6.45, 7) is 1.95. The van der Waals surface area contributed by atoms with Crippen LogP contribution in [0.25, 0.3) is 0 Å². The van der Waals surface area contributed by atoms with Crippen molar-refractivity contribution in [2.24, 2.45) is 4.99 Å².